The molecule has 0 radical (unpaired) electrons. The van der Waals surface area contributed by atoms with E-state index >= 15 is 0 Å². The van der Waals surface area contributed by atoms with Crippen LogP contribution < -0.4 is 4.84 Å². The monoisotopic (exact) mass is 145 g/mol. The molecule has 0 aromatic heterocycles. The average molecular weight is 145 g/mol. The summed E-state index contributed by atoms with van der Waals surface area (Å²) in [6.45, 7) is 0.861. The van der Waals surface area contributed by atoms with E-state index < -0.39 is 0 Å². The first-order valence-corrected chi connectivity index (χ1v) is 3.67. The molecule has 11 heavy (non-hydrogen) atoms. The fourth-order valence-electron chi connectivity index (χ4n) is 1.49. The van der Waals surface area contributed by atoms with E-state index in [1.165, 1.54) is 11.1 Å². The van der Waals surface area contributed by atoms with Gasteiger partial charge in [0.05, 0.1) is 6.54 Å². The molecule has 0 aliphatic carbocycles. The molecular weight excluding hydrogens is 138 g/mol. The molecule has 54 valence electrons. The number of hydrogen-bond acceptors (Lipinski definition) is 2. The molecule has 0 saturated heterocycles. The zero-order chi connectivity index (χ0) is 7.26. The van der Waals surface area contributed by atoms with Crippen molar-refractivity contribution in [3.8, 4) is 5.75 Å². The first-order valence-electron chi connectivity index (χ1n) is 3.67. The Balaban J connectivity index is 2.38. The Kier molecular flexibility index (Phi) is 0.756. The van der Waals surface area contributed by atoms with Gasteiger partial charge in [0.15, 0.2) is 5.75 Å². The number of nitrogens with zero attached hydrogens (tertiary/aromatic N) is 1. The molecule has 0 atom stereocenters. The summed E-state index contributed by atoms with van der Waals surface area (Å²) in [6, 6.07) is 6.29. The third-order valence-electron chi connectivity index (χ3n) is 2.05. The fourth-order valence-corrected chi connectivity index (χ4v) is 1.49. The predicted molar refractivity (Wildman–Crippen MR) is 41.6 cm³/mol. The van der Waals surface area contributed by atoms with Crippen LogP contribution >= 0.6 is 0 Å². The first kappa shape index (κ1) is 5.24. The highest BCUT2D eigenvalue weighted by Gasteiger charge is 2.17. The highest BCUT2D eigenvalue weighted by atomic mass is 16.7. The van der Waals surface area contributed by atoms with Crippen LogP contribution in [-0.2, 0) is 6.54 Å². The summed E-state index contributed by atoms with van der Waals surface area (Å²) in [6.07, 6.45) is 4.05. The van der Waals surface area contributed by atoms with Crippen LogP contribution in [0.2, 0.25) is 0 Å². The average Bonchev–Trinajstić information content (AvgIpc) is 2.37. The molecule has 0 fully saturated rings. The second kappa shape index (κ2) is 1.59. The van der Waals surface area contributed by atoms with Crippen molar-refractivity contribution in [3.05, 3.63) is 35.5 Å². The Morgan fingerprint density at radius 2 is 2.36 bits per heavy atom. The van der Waals surface area contributed by atoms with Crippen molar-refractivity contribution < 1.29 is 4.84 Å². The van der Waals surface area contributed by atoms with Crippen LogP contribution in [0.25, 0.3) is 6.08 Å². The minimum absolute atomic E-state index is 0.861. The summed E-state index contributed by atoms with van der Waals surface area (Å²) >= 11 is 0. The van der Waals surface area contributed by atoms with Crippen LogP contribution in [0.4, 0.5) is 0 Å². The SMILES string of the molecule is C1=CN2Cc3ccc(c1c3)O2. The lowest BCUT2D eigenvalue weighted by molar-refractivity contribution is -0.0139. The summed E-state index contributed by atoms with van der Waals surface area (Å²) in [5.74, 6) is 0.966. The van der Waals surface area contributed by atoms with Gasteiger partial charge in [-0.15, -0.1) is 0 Å². The predicted octanol–water partition coefficient (Wildman–Crippen LogP) is 1.78. The largest absolute Gasteiger partial charge is 0.379 e. The normalized spacial score (nSPS) is 16.9. The lowest BCUT2D eigenvalue weighted by Gasteiger charge is -2.19. The van der Waals surface area contributed by atoms with Crippen molar-refractivity contribution >= 4 is 6.08 Å². The molecular formula is C9H7NO. The highest BCUT2D eigenvalue weighted by Crippen LogP contribution is 2.31. The Bertz CT molecular complexity index is 341. The smallest absolute Gasteiger partial charge is 0.162 e. The second-order valence-corrected chi connectivity index (χ2v) is 2.85. The lowest BCUT2D eigenvalue weighted by Crippen LogP contribution is -2.19. The summed E-state index contributed by atoms with van der Waals surface area (Å²) in [7, 11) is 0. The van der Waals surface area contributed by atoms with E-state index in [1.807, 2.05) is 17.3 Å². The third-order valence-corrected chi connectivity index (χ3v) is 2.05. The van der Waals surface area contributed by atoms with Crippen LogP contribution in [0, 0.1) is 0 Å². The maximum Gasteiger partial charge on any atom is 0.162 e. The minimum Gasteiger partial charge on any atom is -0.379 e. The second-order valence-electron chi connectivity index (χ2n) is 2.85. The zero-order valence-electron chi connectivity index (χ0n) is 5.95. The van der Waals surface area contributed by atoms with Gasteiger partial charge in [0.1, 0.15) is 0 Å². The van der Waals surface area contributed by atoms with E-state index in [1.54, 1.807) is 0 Å². The standard InChI is InChI=1S/C9H7NO/c1-2-9-8-3-4-10(11-9)6-7(1)5-8/h1-5H,6H2. The summed E-state index contributed by atoms with van der Waals surface area (Å²) in [5, 5.41) is 1.84. The van der Waals surface area contributed by atoms with Crippen LogP contribution in [0.5, 0.6) is 5.75 Å². The van der Waals surface area contributed by atoms with E-state index in [2.05, 4.69) is 18.2 Å². The van der Waals surface area contributed by atoms with E-state index in [4.69, 9.17) is 4.84 Å². The molecule has 4 heterocycles. The summed E-state index contributed by atoms with van der Waals surface area (Å²) in [5.41, 5.74) is 2.50. The van der Waals surface area contributed by atoms with Crippen molar-refractivity contribution in [3.63, 3.8) is 0 Å². The van der Waals surface area contributed by atoms with Crippen molar-refractivity contribution in [1.29, 1.82) is 0 Å². The van der Waals surface area contributed by atoms with Crippen LogP contribution in [0.15, 0.2) is 24.4 Å². The van der Waals surface area contributed by atoms with Crippen LogP contribution in [-0.4, -0.2) is 5.06 Å². The van der Waals surface area contributed by atoms with E-state index in [-0.39, 0.29) is 0 Å². The van der Waals surface area contributed by atoms with Crippen molar-refractivity contribution in [2.75, 3.05) is 0 Å². The van der Waals surface area contributed by atoms with Gasteiger partial charge < -0.3 is 4.84 Å². The molecule has 2 nitrogen and oxygen atoms in total. The zero-order valence-corrected chi connectivity index (χ0v) is 5.95. The molecule has 0 N–H and O–H groups in total. The molecule has 2 heteroatoms. The molecule has 1 aromatic carbocycles. The topological polar surface area (TPSA) is 12.5 Å². The molecule has 0 saturated carbocycles. The quantitative estimate of drug-likeness (QED) is 0.551. The van der Waals surface area contributed by atoms with Crippen molar-refractivity contribution in [2.24, 2.45) is 0 Å². The molecule has 4 bridgehead atoms. The Morgan fingerprint density at radius 1 is 1.36 bits per heavy atom. The molecule has 4 aliphatic heterocycles. The van der Waals surface area contributed by atoms with Gasteiger partial charge in [0, 0.05) is 11.8 Å². The van der Waals surface area contributed by atoms with Gasteiger partial charge in [-0.3, -0.25) is 0 Å². The Morgan fingerprint density at radius 3 is 3.36 bits per heavy atom. The minimum atomic E-state index is 0.861. The van der Waals surface area contributed by atoms with E-state index in [0.717, 1.165) is 12.3 Å². The van der Waals surface area contributed by atoms with Crippen molar-refractivity contribution in [1.82, 2.24) is 5.06 Å². The molecule has 0 amide bonds. The first-order chi connectivity index (χ1) is 5.42. The highest BCUT2D eigenvalue weighted by molar-refractivity contribution is 5.60. The third kappa shape index (κ3) is 0.611. The Hall–Kier alpha value is -1.44. The van der Waals surface area contributed by atoms with Gasteiger partial charge in [-0.1, -0.05) is 6.07 Å². The maximum absolute atomic E-state index is 5.49. The van der Waals surface area contributed by atoms with E-state index in [9.17, 15) is 0 Å². The van der Waals surface area contributed by atoms with Crippen LogP contribution in [0.3, 0.4) is 0 Å². The number of hydroxylamine groups is 2. The molecule has 5 rings (SSSR count). The number of rotatable bonds is 0. The van der Waals surface area contributed by atoms with E-state index in [0.29, 0.717) is 0 Å². The number of hydrogen-bond donors (Lipinski definition) is 0. The number of benzene rings is 1. The van der Waals surface area contributed by atoms with Crippen molar-refractivity contribution in [2.45, 2.75) is 6.54 Å². The summed E-state index contributed by atoms with van der Waals surface area (Å²) < 4.78 is 0. The molecule has 0 unspecified atom stereocenters. The van der Waals surface area contributed by atoms with Gasteiger partial charge in [0.2, 0.25) is 0 Å². The van der Waals surface area contributed by atoms with Gasteiger partial charge in [-0.25, -0.2) is 5.06 Å². The number of fused-ring (bicyclic) bond motifs is 1. The Labute approximate surface area is 64.7 Å². The molecule has 4 aliphatic rings. The van der Waals surface area contributed by atoms with Gasteiger partial charge in [-0.2, -0.15) is 0 Å². The van der Waals surface area contributed by atoms with Gasteiger partial charge >= 0.3 is 0 Å². The molecule has 0 spiro atoms. The molecule has 1 aromatic rings. The maximum atomic E-state index is 5.49. The van der Waals surface area contributed by atoms with Gasteiger partial charge in [-0.05, 0) is 23.8 Å². The van der Waals surface area contributed by atoms with Gasteiger partial charge in [0.25, 0.3) is 0 Å². The van der Waals surface area contributed by atoms with Crippen LogP contribution in [0.1, 0.15) is 11.1 Å². The summed E-state index contributed by atoms with van der Waals surface area (Å²) in [4.78, 5) is 5.49. The fraction of sp³-hybridized carbons (Fsp3) is 0.111. The lowest BCUT2D eigenvalue weighted by atomic mass is 10.1.